The lowest BCUT2D eigenvalue weighted by Crippen LogP contribution is -2.42. The average Bonchev–Trinajstić information content (AvgIpc) is 2.72. The van der Waals surface area contributed by atoms with Crippen molar-refractivity contribution in [1.82, 2.24) is 15.1 Å². The molecular weight excluding hydrogens is 294 g/mol. The number of nitrogens with one attached hydrogen (secondary N) is 1. The molecule has 0 radical (unpaired) electrons. The van der Waals surface area contributed by atoms with Crippen molar-refractivity contribution in [3.63, 3.8) is 0 Å². The average molecular weight is 317 g/mol. The zero-order chi connectivity index (χ0) is 16.8. The van der Waals surface area contributed by atoms with Crippen LogP contribution in [0, 0.1) is 18.3 Å². The van der Waals surface area contributed by atoms with Gasteiger partial charge in [-0.05, 0) is 18.8 Å². The van der Waals surface area contributed by atoms with Gasteiger partial charge in [0.2, 0.25) is 0 Å². The smallest absolute Gasteiger partial charge is 0.305 e. The fourth-order valence-electron chi connectivity index (χ4n) is 3.29. The molecular formula is C17H23N3O3. The van der Waals surface area contributed by atoms with Crippen LogP contribution in [0.2, 0.25) is 0 Å². The minimum Gasteiger partial charge on any atom is -0.481 e. The Labute approximate surface area is 136 Å². The fourth-order valence-corrected chi connectivity index (χ4v) is 3.29. The summed E-state index contributed by atoms with van der Waals surface area (Å²) in [7, 11) is 1.65. The van der Waals surface area contributed by atoms with Crippen molar-refractivity contribution in [3.05, 3.63) is 17.5 Å². The molecule has 23 heavy (non-hydrogen) atoms. The van der Waals surface area contributed by atoms with E-state index in [9.17, 15) is 14.7 Å². The van der Waals surface area contributed by atoms with Gasteiger partial charge in [-0.2, -0.15) is 5.10 Å². The van der Waals surface area contributed by atoms with Crippen LogP contribution in [0.5, 0.6) is 0 Å². The Bertz CT molecular complexity index is 607. The molecule has 0 bridgehead atoms. The number of nitrogens with zero attached hydrogens (tertiary/aromatic N) is 2. The lowest BCUT2D eigenvalue weighted by Gasteiger charge is -2.26. The van der Waals surface area contributed by atoms with Crippen molar-refractivity contribution in [2.45, 2.75) is 51.0 Å². The molecule has 124 valence electrons. The van der Waals surface area contributed by atoms with Gasteiger partial charge in [-0.3, -0.25) is 14.3 Å². The SMILES string of the molecule is C#Cc1cnn(C)c1C(=O)NC(CC(=O)O)C1CCCCCC1. The second-order valence-electron chi connectivity index (χ2n) is 6.10. The maximum absolute atomic E-state index is 12.6. The van der Waals surface area contributed by atoms with Gasteiger partial charge in [0.1, 0.15) is 5.69 Å². The van der Waals surface area contributed by atoms with Gasteiger partial charge in [-0.1, -0.05) is 31.6 Å². The van der Waals surface area contributed by atoms with Crippen LogP contribution < -0.4 is 5.32 Å². The number of aryl methyl sites for hydroxylation is 1. The maximum atomic E-state index is 12.6. The largest absolute Gasteiger partial charge is 0.481 e. The number of terminal acetylenes is 1. The highest BCUT2D eigenvalue weighted by atomic mass is 16.4. The number of hydrogen-bond donors (Lipinski definition) is 2. The van der Waals surface area contributed by atoms with Crippen molar-refractivity contribution in [3.8, 4) is 12.3 Å². The number of carbonyl (C=O) groups excluding carboxylic acids is 1. The molecule has 1 heterocycles. The molecule has 1 atom stereocenters. The summed E-state index contributed by atoms with van der Waals surface area (Å²) in [6.07, 6.45) is 13.2. The molecule has 1 aliphatic carbocycles. The van der Waals surface area contributed by atoms with Gasteiger partial charge in [0.15, 0.2) is 0 Å². The quantitative estimate of drug-likeness (QED) is 0.642. The van der Waals surface area contributed by atoms with Crippen LogP contribution in [0.3, 0.4) is 0 Å². The van der Waals surface area contributed by atoms with E-state index in [0.29, 0.717) is 11.3 Å². The normalized spacial score (nSPS) is 17.0. The van der Waals surface area contributed by atoms with E-state index in [4.69, 9.17) is 6.42 Å². The molecule has 0 aliphatic heterocycles. The standard InChI is InChI=1S/C17H23N3O3/c1-3-12-11-18-20(2)16(12)17(23)19-14(10-15(21)22)13-8-6-4-5-7-9-13/h1,11,13-14H,4-10H2,2H3,(H,19,23)(H,21,22). The van der Waals surface area contributed by atoms with Crippen LogP contribution in [0.15, 0.2) is 6.20 Å². The highest BCUT2D eigenvalue weighted by Gasteiger charge is 2.28. The number of aromatic nitrogens is 2. The zero-order valence-corrected chi connectivity index (χ0v) is 13.4. The first-order valence-electron chi connectivity index (χ1n) is 8.04. The first-order chi connectivity index (χ1) is 11.0. The van der Waals surface area contributed by atoms with Gasteiger partial charge in [-0.15, -0.1) is 6.42 Å². The first-order valence-corrected chi connectivity index (χ1v) is 8.04. The van der Waals surface area contributed by atoms with Crippen molar-refractivity contribution >= 4 is 11.9 Å². The molecule has 6 heteroatoms. The van der Waals surface area contributed by atoms with Gasteiger partial charge in [0.05, 0.1) is 18.2 Å². The highest BCUT2D eigenvalue weighted by Crippen LogP contribution is 2.27. The summed E-state index contributed by atoms with van der Waals surface area (Å²) in [6.45, 7) is 0. The summed E-state index contributed by atoms with van der Waals surface area (Å²) in [6, 6.07) is -0.376. The van der Waals surface area contributed by atoms with E-state index in [-0.39, 0.29) is 24.3 Å². The number of carboxylic acid groups (broad SMARTS) is 1. The van der Waals surface area contributed by atoms with Gasteiger partial charge in [0.25, 0.3) is 5.91 Å². The second kappa shape index (κ2) is 7.82. The summed E-state index contributed by atoms with van der Waals surface area (Å²) >= 11 is 0. The Balaban J connectivity index is 2.16. The molecule has 6 nitrogen and oxygen atoms in total. The number of carboxylic acids is 1. The highest BCUT2D eigenvalue weighted by molar-refractivity contribution is 5.95. The van der Waals surface area contributed by atoms with Gasteiger partial charge in [-0.25, -0.2) is 0 Å². The molecule has 0 aromatic carbocycles. The molecule has 1 aromatic heterocycles. The molecule has 1 amide bonds. The number of amides is 1. The van der Waals surface area contributed by atoms with Crippen LogP contribution in [0.1, 0.15) is 61.0 Å². The molecule has 1 saturated carbocycles. The third-order valence-electron chi connectivity index (χ3n) is 4.49. The Kier molecular flexibility index (Phi) is 5.80. The predicted molar refractivity (Wildman–Crippen MR) is 85.8 cm³/mol. The summed E-state index contributed by atoms with van der Waals surface area (Å²) in [4.78, 5) is 23.8. The molecule has 0 saturated heterocycles. The van der Waals surface area contributed by atoms with Crippen LogP contribution in [0.4, 0.5) is 0 Å². The van der Waals surface area contributed by atoms with E-state index >= 15 is 0 Å². The van der Waals surface area contributed by atoms with Gasteiger partial charge in [0, 0.05) is 13.1 Å². The van der Waals surface area contributed by atoms with E-state index in [1.54, 1.807) is 7.05 Å². The first kappa shape index (κ1) is 17.1. The number of carbonyl (C=O) groups is 2. The molecule has 1 fully saturated rings. The van der Waals surface area contributed by atoms with Crippen LogP contribution in [-0.2, 0) is 11.8 Å². The molecule has 2 N–H and O–H groups in total. The van der Waals surface area contributed by atoms with Crippen LogP contribution >= 0.6 is 0 Å². The zero-order valence-electron chi connectivity index (χ0n) is 13.4. The van der Waals surface area contributed by atoms with Crippen molar-refractivity contribution in [1.29, 1.82) is 0 Å². The topological polar surface area (TPSA) is 84.2 Å². The van der Waals surface area contributed by atoms with Crippen LogP contribution in [0.25, 0.3) is 0 Å². The third-order valence-corrected chi connectivity index (χ3v) is 4.49. The number of aliphatic carboxylic acids is 1. The third kappa shape index (κ3) is 4.35. The fraction of sp³-hybridized carbons (Fsp3) is 0.588. The van der Waals surface area contributed by atoms with Gasteiger partial charge >= 0.3 is 5.97 Å². The minimum atomic E-state index is -0.901. The minimum absolute atomic E-state index is 0.0698. The summed E-state index contributed by atoms with van der Waals surface area (Å²) in [5, 5.41) is 16.1. The lowest BCUT2D eigenvalue weighted by atomic mass is 9.89. The monoisotopic (exact) mass is 317 g/mol. The van der Waals surface area contributed by atoms with Crippen molar-refractivity contribution in [2.24, 2.45) is 13.0 Å². The molecule has 2 rings (SSSR count). The Hall–Kier alpha value is -2.29. The van der Waals surface area contributed by atoms with E-state index in [1.165, 1.54) is 23.7 Å². The van der Waals surface area contributed by atoms with Crippen LogP contribution in [-0.4, -0.2) is 32.8 Å². The second-order valence-corrected chi connectivity index (χ2v) is 6.10. The van der Waals surface area contributed by atoms with E-state index in [0.717, 1.165) is 25.7 Å². The molecule has 0 spiro atoms. The molecule has 1 aromatic rings. The predicted octanol–water partition coefficient (Wildman–Crippen LogP) is 1.94. The van der Waals surface area contributed by atoms with E-state index in [1.807, 2.05) is 0 Å². The lowest BCUT2D eigenvalue weighted by molar-refractivity contribution is -0.137. The maximum Gasteiger partial charge on any atom is 0.305 e. The van der Waals surface area contributed by atoms with E-state index < -0.39 is 5.97 Å². The Morgan fingerprint density at radius 1 is 1.43 bits per heavy atom. The Morgan fingerprint density at radius 3 is 2.65 bits per heavy atom. The summed E-state index contributed by atoms with van der Waals surface area (Å²) in [5.41, 5.74) is 0.719. The molecule has 1 aliphatic rings. The van der Waals surface area contributed by atoms with Crippen molar-refractivity contribution in [2.75, 3.05) is 0 Å². The van der Waals surface area contributed by atoms with E-state index in [2.05, 4.69) is 16.3 Å². The van der Waals surface area contributed by atoms with Gasteiger partial charge < -0.3 is 10.4 Å². The Morgan fingerprint density at radius 2 is 2.09 bits per heavy atom. The summed E-state index contributed by atoms with van der Waals surface area (Å²) in [5.74, 6) is 1.38. The van der Waals surface area contributed by atoms with Crippen molar-refractivity contribution < 1.29 is 14.7 Å². The summed E-state index contributed by atoms with van der Waals surface area (Å²) < 4.78 is 1.43. The number of hydrogen-bond acceptors (Lipinski definition) is 3. The number of rotatable bonds is 5. The molecule has 1 unspecified atom stereocenters.